The third-order valence-electron chi connectivity index (χ3n) is 6.39. The number of benzene rings is 2. The summed E-state index contributed by atoms with van der Waals surface area (Å²) in [6, 6.07) is 9.44. The van der Waals surface area contributed by atoms with Gasteiger partial charge in [0.25, 0.3) is 0 Å². The highest BCUT2D eigenvalue weighted by Crippen LogP contribution is 2.30. The van der Waals surface area contributed by atoms with Gasteiger partial charge in [0.2, 0.25) is 15.3 Å². The van der Waals surface area contributed by atoms with E-state index in [0.29, 0.717) is 23.7 Å². The summed E-state index contributed by atoms with van der Waals surface area (Å²) < 4.78 is 43.4. The molecule has 0 aliphatic carbocycles. The van der Waals surface area contributed by atoms with Crippen molar-refractivity contribution in [1.82, 2.24) is 4.57 Å². The molecule has 1 atom stereocenters. The van der Waals surface area contributed by atoms with Gasteiger partial charge in [-0.25, -0.2) is 12.8 Å². The van der Waals surface area contributed by atoms with Crippen LogP contribution in [0.5, 0.6) is 0 Å². The van der Waals surface area contributed by atoms with Crippen LogP contribution in [0.4, 0.5) is 10.1 Å². The average Bonchev–Trinajstić information content (AvgIpc) is 2.79. The number of halogens is 1. The van der Waals surface area contributed by atoms with Crippen LogP contribution in [0, 0.1) is 11.7 Å². The molecule has 1 aliphatic heterocycles. The van der Waals surface area contributed by atoms with Crippen molar-refractivity contribution < 1.29 is 12.8 Å². The zero-order valence-corrected chi connectivity index (χ0v) is 19.6. The Morgan fingerprint density at radius 1 is 1.12 bits per heavy atom. The third-order valence-corrected chi connectivity index (χ3v) is 8.15. The summed E-state index contributed by atoms with van der Waals surface area (Å²) in [4.78, 5) is 15.0. The highest BCUT2D eigenvalue weighted by atomic mass is 32.2. The molecule has 4 rings (SSSR count). The normalized spacial score (nSPS) is 17.1. The Balaban J connectivity index is 1.88. The van der Waals surface area contributed by atoms with Crippen LogP contribution in [-0.2, 0) is 22.8 Å². The minimum atomic E-state index is -4.04. The van der Waals surface area contributed by atoms with Crippen molar-refractivity contribution in [2.45, 2.75) is 56.4 Å². The number of piperidine rings is 1. The molecular weight excluding hydrogens is 427 g/mol. The first-order chi connectivity index (χ1) is 15.3. The van der Waals surface area contributed by atoms with E-state index in [-0.39, 0.29) is 15.2 Å². The maximum atomic E-state index is 15.1. The second-order valence-corrected chi connectivity index (χ2v) is 10.5. The van der Waals surface area contributed by atoms with Crippen LogP contribution in [0.25, 0.3) is 10.9 Å². The number of sulfone groups is 1. The molecule has 0 amide bonds. The fourth-order valence-electron chi connectivity index (χ4n) is 4.51. The molecule has 0 saturated carbocycles. The molecule has 1 fully saturated rings. The number of hydrogen-bond donors (Lipinski definition) is 0. The van der Waals surface area contributed by atoms with E-state index in [9.17, 15) is 13.2 Å². The summed E-state index contributed by atoms with van der Waals surface area (Å²) >= 11 is 0. The number of aromatic nitrogens is 1. The lowest BCUT2D eigenvalue weighted by atomic mass is 9.99. The summed E-state index contributed by atoms with van der Waals surface area (Å²) in [5.41, 5.74) is 1.36. The van der Waals surface area contributed by atoms with Gasteiger partial charge in [-0.15, -0.1) is 0 Å². The summed E-state index contributed by atoms with van der Waals surface area (Å²) in [5.74, 6) is -0.0213. The van der Waals surface area contributed by atoms with Gasteiger partial charge in [-0.2, -0.15) is 0 Å². The number of nitrogens with zero attached hydrogens (tertiary/aromatic N) is 2. The van der Waals surface area contributed by atoms with Gasteiger partial charge in [-0.1, -0.05) is 26.0 Å². The Labute approximate surface area is 188 Å². The van der Waals surface area contributed by atoms with E-state index in [0.717, 1.165) is 37.9 Å². The molecule has 3 aromatic rings. The van der Waals surface area contributed by atoms with Crippen molar-refractivity contribution in [2.75, 3.05) is 18.0 Å². The second kappa shape index (κ2) is 8.70. The first-order valence-electron chi connectivity index (χ1n) is 11.2. The first-order valence-corrected chi connectivity index (χ1v) is 12.7. The summed E-state index contributed by atoms with van der Waals surface area (Å²) in [6.45, 7) is 8.00. The summed E-state index contributed by atoms with van der Waals surface area (Å²) in [6.07, 6.45) is 4.30. The lowest BCUT2D eigenvalue weighted by Crippen LogP contribution is -2.35. The quantitative estimate of drug-likeness (QED) is 0.554. The van der Waals surface area contributed by atoms with Crippen LogP contribution in [0.2, 0.25) is 0 Å². The Bertz CT molecular complexity index is 1310. The average molecular weight is 457 g/mol. The van der Waals surface area contributed by atoms with Gasteiger partial charge in [0, 0.05) is 25.8 Å². The number of rotatable bonds is 5. The lowest BCUT2D eigenvalue weighted by Gasteiger charge is -2.33. The van der Waals surface area contributed by atoms with E-state index in [1.54, 1.807) is 22.8 Å². The molecule has 1 unspecified atom stereocenters. The smallest absolute Gasteiger partial charge is 0.211 e. The van der Waals surface area contributed by atoms with E-state index >= 15 is 4.39 Å². The molecule has 2 aromatic carbocycles. The molecule has 0 spiro atoms. The van der Waals surface area contributed by atoms with Crippen molar-refractivity contribution in [3.8, 4) is 0 Å². The number of aryl methyl sites for hydroxylation is 2. The van der Waals surface area contributed by atoms with Crippen molar-refractivity contribution in [2.24, 2.45) is 5.92 Å². The predicted molar refractivity (Wildman–Crippen MR) is 126 cm³/mol. The van der Waals surface area contributed by atoms with E-state index in [2.05, 4.69) is 6.92 Å². The van der Waals surface area contributed by atoms with Crippen LogP contribution in [0.15, 0.2) is 57.2 Å². The van der Waals surface area contributed by atoms with Crippen LogP contribution in [-0.4, -0.2) is 26.1 Å². The predicted octanol–water partition coefficient (Wildman–Crippen LogP) is 4.79. The molecule has 32 heavy (non-hydrogen) atoms. The summed E-state index contributed by atoms with van der Waals surface area (Å²) in [5, 5.41) is 0.0874. The zero-order valence-electron chi connectivity index (χ0n) is 18.8. The molecule has 0 radical (unpaired) electrons. The Morgan fingerprint density at radius 3 is 2.47 bits per heavy atom. The van der Waals surface area contributed by atoms with E-state index in [1.807, 2.05) is 18.7 Å². The van der Waals surface area contributed by atoms with Gasteiger partial charge in [0.05, 0.1) is 21.5 Å². The van der Waals surface area contributed by atoms with Crippen molar-refractivity contribution in [3.05, 3.63) is 64.2 Å². The largest absolute Gasteiger partial charge is 0.369 e. The zero-order chi connectivity index (χ0) is 23.0. The van der Waals surface area contributed by atoms with Crippen molar-refractivity contribution in [1.29, 1.82) is 0 Å². The lowest BCUT2D eigenvalue weighted by molar-refractivity contribution is 0.442. The number of hydrogen-bond acceptors (Lipinski definition) is 4. The monoisotopic (exact) mass is 456 g/mol. The highest BCUT2D eigenvalue weighted by Gasteiger charge is 2.26. The molecule has 1 aliphatic rings. The molecule has 0 bridgehead atoms. The van der Waals surface area contributed by atoms with Crippen molar-refractivity contribution in [3.63, 3.8) is 0 Å². The molecule has 5 nitrogen and oxygen atoms in total. The molecular formula is C25H29FN2O3S. The second-order valence-electron chi connectivity index (χ2n) is 8.62. The molecule has 2 heterocycles. The summed E-state index contributed by atoms with van der Waals surface area (Å²) in [7, 11) is -4.04. The standard InChI is InChI=1S/C25H29FN2O3S/c1-4-18-8-10-19(11-9-18)32(30,31)24-16-27(5-2)22-14-23(21(26)13-20(22)25(24)29)28-12-6-7-17(3)15-28/h8-11,13-14,16-17H,4-7,12,15H2,1-3H3. The maximum absolute atomic E-state index is 15.1. The van der Waals surface area contributed by atoms with Gasteiger partial charge < -0.3 is 9.47 Å². The van der Waals surface area contributed by atoms with Crippen LogP contribution >= 0.6 is 0 Å². The van der Waals surface area contributed by atoms with E-state index < -0.39 is 21.1 Å². The van der Waals surface area contributed by atoms with E-state index in [1.165, 1.54) is 24.4 Å². The minimum Gasteiger partial charge on any atom is -0.369 e. The first kappa shape index (κ1) is 22.5. The van der Waals surface area contributed by atoms with Gasteiger partial charge >= 0.3 is 0 Å². The Morgan fingerprint density at radius 2 is 1.84 bits per heavy atom. The number of anilines is 1. The fraction of sp³-hybridized carbons (Fsp3) is 0.400. The maximum Gasteiger partial charge on any atom is 0.211 e. The SMILES string of the molecule is CCc1ccc(S(=O)(=O)c2cn(CC)c3cc(N4CCCC(C)C4)c(F)cc3c2=O)cc1. The number of fused-ring (bicyclic) bond motifs is 1. The van der Waals surface area contributed by atoms with Crippen LogP contribution in [0.3, 0.4) is 0 Å². The van der Waals surface area contributed by atoms with Gasteiger partial charge in [0.1, 0.15) is 10.7 Å². The Hall–Kier alpha value is -2.67. The van der Waals surface area contributed by atoms with E-state index in [4.69, 9.17) is 0 Å². The minimum absolute atomic E-state index is 0.0631. The molecule has 0 N–H and O–H groups in total. The fourth-order valence-corrected chi connectivity index (χ4v) is 5.88. The Kier molecular flexibility index (Phi) is 6.12. The molecule has 1 saturated heterocycles. The van der Waals surface area contributed by atoms with Crippen LogP contribution in [0.1, 0.15) is 39.2 Å². The van der Waals surface area contributed by atoms with Gasteiger partial charge in [-0.3, -0.25) is 4.79 Å². The highest BCUT2D eigenvalue weighted by molar-refractivity contribution is 7.91. The van der Waals surface area contributed by atoms with Gasteiger partial charge in [-0.05, 0) is 61.9 Å². The molecule has 1 aromatic heterocycles. The van der Waals surface area contributed by atoms with Crippen molar-refractivity contribution >= 4 is 26.4 Å². The topological polar surface area (TPSA) is 59.4 Å². The third kappa shape index (κ3) is 3.94. The molecule has 7 heteroatoms. The molecule has 170 valence electrons. The van der Waals surface area contributed by atoms with Gasteiger partial charge in [0.15, 0.2) is 0 Å². The van der Waals surface area contributed by atoms with Crippen LogP contribution < -0.4 is 10.3 Å². The number of pyridine rings is 1.